The lowest BCUT2D eigenvalue weighted by atomic mass is 10.1. The zero-order valence-corrected chi connectivity index (χ0v) is 61.5. The lowest BCUT2D eigenvalue weighted by Gasteiger charge is -2.38. The van der Waals surface area contributed by atoms with Crippen molar-refractivity contribution in [3.63, 3.8) is 0 Å². The van der Waals surface area contributed by atoms with E-state index in [9.17, 15) is 42.3 Å². The van der Waals surface area contributed by atoms with E-state index in [1.54, 1.807) is 60.1 Å². The molecule has 6 saturated heterocycles. The van der Waals surface area contributed by atoms with E-state index < -0.39 is 84.3 Å². The number of morpholine rings is 3. The lowest BCUT2D eigenvalue weighted by molar-refractivity contribution is -0.154. The number of ether oxygens (including phenoxy) is 5. The largest absolute Gasteiger partial charge is 0.479 e. The van der Waals surface area contributed by atoms with Crippen molar-refractivity contribution in [2.75, 3.05) is 93.2 Å². The second-order valence-corrected chi connectivity index (χ2v) is 30.1. The predicted molar refractivity (Wildman–Crippen MR) is 399 cm³/mol. The van der Waals surface area contributed by atoms with E-state index in [2.05, 4.69) is 119 Å². The van der Waals surface area contributed by atoms with Crippen LogP contribution in [0.25, 0.3) is 32.7 Å². The predicted octanol–water partition coefficient (Wildman–Crippen LogP) is 10.1. The van der Waals surface area contributed by atoms with Crippen LogP contribution in [0.15, 0.2) is 91.4 Å². The molecule has 6 aromatic rings. The fourth-order valence-corrected chi connectivity index (χ4v) is 13.9. The molecule has 0 spiro atoms. The molecule has 0 radical (unpaired) electrons. The number of carboxylic acids is 1. The Morgan fingerprint density at radius 3 is 1.24 bits per heavy atom. The summed E-state index contributed by atoms with van der Waals surface area (Å²) >= 11 is 6.81. The Kier molecular flexibility index (Phi) is 28.0. The van der Waals surface area contributed by atoms with Gasteiger partial charge in [-0.2, -0.15) is 0 Å². The number of hydrogen-bond acceptors (Lipinski definition) is 18. The number of aliphatic carboxylic acids is 1. The van der Waals surface area contributed by atoms with E-state index in [-0.39, 0.29) is 77.7 Å². The number of anilines is 3. The van der Waals surface area contributed by atoms with Gasteiger partial charge < -0.3 is 75.0 Å². The van der Waals surface area contributed by atoms with Gasteiger partial charge in [-0.05, 0) is 203 Å². The molecule has 9 heterocycles. The molecule has 23 nitrogen and oxygen atoms in total. The number of amides is 4. The number of likely N-dealkylation sites (tertiary alicyclic amines) is 2. The molecule has 3 aromatic carbocycles. The number of carboxylic acid groups (broad SMARTS) is 1. The van der Waals surface area contributed by atoms with Crippen molar-refractivity contribution in [1.82, 2.24) is 40.7 Å². The van der Waals surface area contributed by atoms with Gasteiger partial charge >= 0.3 is 18.2 Å². The maximum atomic E-state index is 14.7. The Balaban J connectivity index is 0.000000191. The monoisotopic (exact) mass is 1700 g/mol. The average Bonchev–Trinajstić information content (AvgIpc) is 1.16. The number of nitrogens with zero attached hydrogens (tertiary/aromatic N) is 8. The fraction of sp³-hybridized carbons (Fsp3) is 0.536. The first kappa shape index (κ1) is 79.3. The van der Waals surface area contributed by atoms with Crippen LogP contribution in [0.5, 0.6) is 0 Å². The molecule has 0 aliphatic carbocycles. The van der Waals surface area contributed by atoms with E-state index in [1.165, 1.54) is 9.80 Å². The van der Waals surface area contributed by atoms with Gasteiger partial charge in [-0.25, -0.2) is 27.6 Å². The van der Waals surface area contributed by atoms with Gasteiger partial charge in [0.2, 0.25) is 0 Å². The molecule has 29 heteroatoms. The average molecular weight is 1700 g/mol. The maximum absolute atomic E-state index is 14.7. The Morgan fingerprint density at radius 2 is 0.888 bits per heavy atom. The van der Waals surface area contributed by atoms with E-state index in [0.717, 1.165) is 60.5 Å². The van der Waals surface area contributed by atoms with Crippen LogP contribution in [0.2, 0.25) is 0 Å². The maximum Gasteiger partial charge on any atom is 0.410 e. The zero-order valence-electron chi connectivity index (χ0n) is 55.0. The summed E-state index contributed by atoms with van der Waals surface area (Å²) in [6.07, 6.45) is -1.93. The highest BCUT2D eigenvalue weighted by molar-refractivity contribution is 14.1. The Bertz CT molecular complexity index is 3740. The molecule has 6 N–H and O–H groups in total. The number of hydrogen-bond donors (Lipinski definition) is 5. The zero-order chi connectivity index (χ0) is 69.5. The van der Waals surface area contributed by atoms with Crippen LogP contribution in [-0.2, 0) is 38.1 Å². The van der Waals surface area contributed by atoms with E-state index in [1.807, 2.05) is 87.5 Å². The van der Waals surface area contributed by atoms with Gasteiger partial charge in [0.05, 0.1) is 85.7 Å². The number of alkyl halides is 3. The summed E-state index contributed by atoms with van der Waals surface area (Å²) < 4.78 is 72.4. The highest BCUT2D eigenvalue weighted by Gasteiger charge is 2.42. The summed E-state index contributed by atoms with van der Waals surface area (Å²) in [7, 11) is 0. The summed E-state index contributed by atoms with van der Waals surface area (Å²) in [6, 6.07) is 22.1. The molecule has 536 valence electrons. The molecule has 3 aromatic heterocycles. The summed E-state index contributed by atoms with van der Waals surface area (Å²) in [5, 5.41) is 20.8. The van der Waals surface area contributed by atoms with Crippen molar-refractivity contribution in [2.24, 2.45) is 5.73 Å². The molecule has 98 heavy (non-hydrogen) atoms. The molecule has 6 fully saturated rings. The van der Waals surface area contributed by atoms with Crippen LogP contribution in [0.4, 0.5) is 39.8 Å². The van der Waals surface area contributed by atoms with Gasteiger partial charge in [0, 0.05) is 108 Å². The third-order valence-electron chi connectivity index (χ3n) is 16.4. The summed E-state index contributed by atoms with van der Waals surface area (Å²) in [4.78, 5) is 83.1. The first-order chi connectivity index (χ1) is 45.4. The quantitative estimate of drug-likeness (QED) is 0.0887. The highest BCUT2D eigenvalue weighted by Crippen LogP contribution is 2.35. The molecule has 4 amide bonds. The number of pyridine rings is 3. The van der Waals surface area contributed by atoms with Crippen LogP contribution in [0.1, 0.15) is 77.2 Å². The summed E-state index contributed by atoms with van der Waals surface area (Å²) in [5.74, 6) is -1.56. The number of rotatable bonds is 8. The first-order valence-corrected chi connectivity index (χ1v) is 35.1. The van der Waals surface area contributed by atoms with Crippen molar-refractivity contribution in [2.45, 2.75) is 162 Å². The third-order valence-corrected chi connectivity index (χ3v) is 19.0. The molecular weight excluding hydrogens is 1610 g/mol. The topological polar surface area (TPSA) is 269 Å². The highest BCUT2D eigenvalue weighted by atomic mass is 127. The lowest BCUT2D eigenvalue weighted by Crippen LogP contribution is -2.55. The van der Waals surface area contributed by atoms with Crippen molar-refractivity contribution in [1.29, 1.82) is 0 Å². The summed E-state index contributed by atoms with van der Waals surface area (Å²) in [6.45, 7) is 20.4. The van der Waals surface area contributed by atoms with Crippen molar-refractivity contribution >= 4 is 148 Å². The third kappa shape index (κ3) is 20.6. The minimum absolute atomic E-state index is 0. The normalized spacial score (nSPS) is 25.5. The molecule has 6 aliphatic rings. The van der Waals surface area contributed by atoms with Crippen LogP contribution in [-0.4, -0.2) is 223 Å². The minimum atomic E-state index is -1.38. The van der Waals surface area contributed by atoms with Crippen LogP contribution in [0.3, 0.4) is 0 Å². The van der Waals surface area contributed by atoms with Crippen LogP contribution >= 0.6 is 67.8 Å². The van der Waals surface area contributed by atoms with Crippen LogP contribution in [0, 0.1) is 10.7 Å². The smallest absolute Gasteiger partial charge is 0.410 e. The Morgan fingerprint density at radius 1 is 0.520 bits per heavy atom. The minimum Gasteiger partial charge on any atom is -0.479 e. The van der Waals surface area contributed by atoms with E-state index >= 15 is 0 Å². The van der Waals surface area contributed by atoms with Crippen molar-refractivity contribution in [3.05, 3.63) is 102 Å². The SMILES string of the molecule is C.C.CC(C)(C)OC(=O)N1C[C@@H](N)[C@@H](F)C1.C[C@@H]1CN(c2ccc(I)c3ncccc23)C[C@H](C(=O)NC2CN(C(=O)OC(C)(C)C)C[C@@H]2F)O1.C[C@@H]1CN(c2ccc(I)c3ncccc23)C[C@H](C(=O)NC2CNC[C@@H]2F)O1.C[C@@H]1CN(c2ccc(I)c3ncccc23)C[C@H](C(=O)O)O1. The summed E-state index contributed by atoms with van der Waals surface area (Å²) in [5.41, 5.74) is 10.1. The van der Waals surface area contributed by atoms with Gasteiger partial charge in [0.1, 0.15) is 29.7 Å². The van der Waals surface area contributed by atoms with Gasteiger partial charge in [0.15, 0.2) is 18.3 Å². The molecular formula is C69H92F3I3N12O11. The molecule has 0 bridgehead atoms. The molecule has 6 aliphatic heterocycles. The van der Waals surface area contributed by atoms with Gasteiger partial charge in [-0.15, -0.1) is 0 Å². The van der Waals surface area contributed by atoms with Crippen molar-refractivity contribution < 1.29 is 65.9 Å². The van der Waals surface area contributed by atoms with Crippen LogP contribution < -0.4 is 36.4 Å². The van der Waals surface area contributed by atoms with Gasteiger partial charge in [-0.1, -0.05) is 14.9 Å². The number of aromatic nitrogens is 3. The number of nitrogens with one attached hydrogen (secondary N) is 3. The second-order valence-electron chi connectivity index (χ2n) is 26.6. The number of carbonyl (C=O) groups is 5. The molecule has 2 unspecified atom stereocenters. The molecule has 0 saturated carbocycles. The number of benzene rings is 3. The second kappa shape index (κ2) is 34.6. The van der Waals surface area contributed by atoms with Gasteiger partial charge in [-0.3, -0.25) is 24.5 Å². The molecule has 12 atom stereocenters. The number of carbonyl (C=O) groups excluding carboxylic acids is 4. The Hall–Kier alpha value is -5.98. The number of fused-ring (bicyclic) bond motifs is 3. The number of halogens is 6. The first-order valence-electron chi connectivity index (χ1n) is 31.9. The van der Waals surface area contributed by atoms with E-state index in [4.69, 9.17) is 29.4 Å². The van der Waals surface area contributed by atoms with E-state index in [0.29, 0.717) is 45.8 Å². The molecule has 12 rings (SSSR count). The fourth-order valence-electron chi connectivity index (χ4n) is 12.0. The number of nitrogens with two attached hydrogens (primary N) is 1. The van der Waals surface area contributed by atoms with Gasteiger partial charge in [0.25, 0.3) is 11.8 Å². The van der Waals surface area contributed by atoms with Crippen molar-refractivity contribution in [3.8, 4) is 0 Å². The Labute approximate surface area is 612 Å². The standard InChI is InChI=1S/C24H30FIN4O4.C19H22FIN4O2.C15H15IN2O3.C9H17FN2O2.2CH4/c1-14-10-29(19-8-7-17(26)21-15(19)6-5-9-27-21)13-20(33-14)22(31)28-18-12-30(11-16(18)25)23(32)34-24(2,3)4;1-11-9-25(16-5-4-14(21)18-12(16)3-2-6-23-18)10-17(27-11)19(26)24-15-8-22-7-13(15)20;1-9-7-18(8-13(21-9)15(19)20)12-5-4-11(16)14-10(12)3-2-6-17-14;1-9(2,3)14-8(13)12-4-6(10)7(11)5-12;;/h5-9,14,16,18,20H,10-13H2,1-4H3,(H,28,31);2-6,11,13,15,17,22H,7-10H2,1H3,(H,24,26);2-6,9,13H,7-8H2,1H3,(H,19,20);6-7H,4-5,11H2,1-3H3;2*1H4/t14-,16+,18?,20-;11-,13+,15?,17-;9-,13-;6-,7+;;/m1110../s1.